The number of alkyl halides is 3. The van der Waals surface area contributed by atoms with Crippen molar-refractivity contribution in [1.29, 1.82) is 0 Å². The molecule has 4 rings (SSSR count). The highest BCUT2D eigenvalue weighted by Gasteiger charge is 2.50. The SMILES string of the molecule is COc1ccccc1-c1cc2cnc(NC3CCN(S(=O)(=O)C(F)(F)F)CC3)nc2n(C)c1=O.Cl. The molecule has 0 atom stereocenters. The van der Waals surface area contributed by atoms with E-state index >= 15 is 0 Å². The number of nitrogens with one attached hydrogen (secondary N) is 1. The third-order valence-electron chi connectivity index (χ3n) is 5.77. The number of rotatable bonds is 5. The number of hydrogen-bond acceptors (Lipinski definition) is 7. The van der Waals surface area contributed by atoms with Crippen LogP contribution >= 0.6 is 12.4 Å². The second-order valence-corrected chi connectivity index (χ2v) is 9.79. The lowest BCUT2D eigenvalue weighted by Crippen LogP contribution is -2.47. The van der Waals surface area contributed by atoms with Crippen molar-refractivity contribution >= 4 is 39.4 Å². The third-order valence-corrected chi connectivity index (χ3v) is 7.40. The largest absolute Gasteiger partial charge is 0.511 e. The summed E-state index contributed by atoms with van der Waals surface area (Å²) in [5.41, 5.74) is -4.17. The van der Waals surface area contributed by atoms with Crippen LogP contribution in [0.4, 0.5) is 19.1 Å². The molecule has 0 saturated carbocycles. The lowest BCUT2D eigenvalue weighted by Gasteiger charge is -2.31. The van der Waals surface area contributed by atoms with Crippen LogP contribution in [0.5, 0.6) is 5.75 Å². The van der Waals surface area contributed by atoms with E-state index in [-0.39, 0.29) is 55.9 Å². The molecule has 1 aliphatic rings. The first kappa shape index (κ1) is 26.7. The fraction of sp³-hybridized carbons (Fsp3) is 0.381. The summed E-state index contributed by atoms with van der Waals surface area (Å²) < 4.78 is 68.6. The third kappa shape index (κ3) is 5.07. The van der Waals surface area contributed by atoms with Crippen LogP contribution < -0.4 is 15.6 Å². The van der Waals surface area contributed by atoms with Gasteiger partial charge in [-0.1, -0.05) is 18.2 Å². The van der Waals surface area contributed by atoms with Gasteiger partial charge in [0.2, 0.25) is 5.95 Å². The molecule has 35 heavy (non-hydrogen) atoms. The average Bonchev–Trinajstić information content (AvgIpc) is 2.81. The molecule has 2 aromatic heterocycles. The van der Waals surface area contributed by atoms with Crippen molar-refractivity contribution in [2.24, 2.45) is 7.05 Å². The molecule has 9 nitrogen and oxygen atoms in total. The van der Waals surface area contributed by atoms with E-state index in [1.165, 1.54) is 11.7 Å². The van der Waals surface area contributed by atoms with Crippen molar-refractivity contribution in [3.05, 3.63) is 46.9 Å². The van der Waals surface area contributed by atoms with Crippen molar-refractivity contribution in [2.45, 2.75) is 24.4 Å². The zero-order valence-electron chi connectivity index (χ0n) is 18.7. The fourth-order valence-electron chi connectivity index (χ4n) is 3.95. The highest BCUT2D eigenvalue weighted by molar-refractivity contribution is 7.90. The minimum absolute atomic E-state index is 0. The van der Waals surface area contributed by atoms with Crippen LogP contribution in [0.2, 0.25) is 0 Å². The Labute approximate surface area is 205 Å². The zero-order valence-corrected chi connectivity index (χ0v) is 20.4. The van der Waals surface area contributed by atoms with Crippen LogP contribution in [0, 0.1) is 0 Å². The Morgan fingerprint density at radius 2 is 1.80 bits per heavy atom. The number of methoxy groups -OCH3 is 1. The number of sulfonamides is 1. The number of halogens is 4. The summed E-state index contributed by atoms with van der Waals surface area (Å²) in [4.78, 5) is 21.7. The molecular weight excluding hydrogens is 511 g/mol. The molecule has 0 aliphatic carbocycles. The lowest BCUT2D eigenvalue weighted by molar-refractivity contribution is -0.0494. The second kappa shape index (κ2) is 9.99. The number of piperidine rings is 1. The number of anilines is 1. The number of fused-ring (bicyclic) bond motifs is 1. The van der Waals surface area contributed by atoms with Gasteiger partial charge in [0.1, 0.15) is 11.4 Å². The van der Waals surface area contributed by atoms with Gasteiger partial charge in [-0.25, -0.2) is 13.4 Å². The van der Waals surface area contributed by atoms with E-state index in [9.17, 15) is 26.4 Å². The number of hydrogen-bond donors (Lipinski definition) is 1. The van der Waals surface area contributed by atoms with Gasteiger partial charge in [0.05, 0.1) is 12.7 Å². The van der Waals surface area contributed by atoms with Crippen molar-refractivity contribution in [2.75, 3.05) is 25.5 Å². The summed E-state index contributed by atoms with van der Waals surface area (Å²) in [5, 5.41) is 3.65. The van der Waals surface area contributed by atoms with Crippen molar-refractivity contribution in [3.63, 3.8) is 0 Å². The average molecular weight is 534 g/mol. The predicted octanol–water partition coefficient (Wildman–Crippen LogP) is 3.15. The molecule has 1 fully saturated rings. The van der Waals surface area contributed by atoms with Gasteiger partial charge >= 0.3 is 15.5 Å². The number of benzene rings is 1. The Hall–Kier alpha value is -2.90. The zero-order chi connectivity index (χ0) is 24.7. The molecule has 1 aromatic carbocycles. The minimum Gasteiger partial charge on any atom is -0.496 e. The standard InChI is InChI=1S/C21H22F3N5O4S.ClH/c1-28-18-13(11-16(19(28)30)15-5-3-4-6-17(15)33-2)12-25-20(27-18)26-14-7-9-29(10-8-14)34(31,32)21(22,23)24;/h3-6,11-12,14H,7-10H2,1-2H3,(H,25,26,27);1H. The first-order valence-corrected chi connectivity index (χ1v) is 11.8. The molecule has 3 aromatic rings. The van der Waals surface area contributed by atoms with E-state index < -0.39 is 15.5 Å². The molecule has 0 radical (unpaired) electrons. The molecular formula is C21H23ClF3N5O4S. The molecule has 0 amide bonds. The van der Waals surface area contributed by atoms with Gasteiger partial charge in [0.15, 0.2) is 0 Å². The van der Waals surface area contributed by atoms with Crippen LogP contribution in [-0.2, 0) is 17.1 Å². The monoisotopic (exact) mass is 533 g/mol. The molecule has 1 N–H and O–H groups in total. The van der Waals surface area contributed by atoms with Gasteiger partial charge in [-0.15, -0.1) is 12.4 Å². The van der Waals surface area contributed by atoms with Crippen LogP contribution in [0.25, 0.3) is 22.2 Å². The highest BCUT2D eigenvalue weighted by Crippen LogP contribution is 2.30. The number of nitrogens with zero attached hydrogens (tertiary/aromatic N) is 4. The van der Waals surface area contributed by atoms with Crippen molar-refractivity contribution in [1.82, 2.24) is 18.8 Å². The first-order chi connectivity index (χ1) is 16.0. The van der Waals surface area contributed by atoms with Gasteiger partial charge in [0, 0.05) is 43.3 Å². The number of aromatic nitrogens is 3. The molecule has 1 aliphatic heterocycles. The highest BCUT2D eigenvalue weighted by atomic mass is 35.5. The summed E-state index contributed by atoms with van der Waals surface area (Å²) in [6.45, 7) is -0.540. The number of aryl methyl sites for hydroxylation is 1. The Balaban J connectivity index is 0.00000342. The molecule has 0 spiro atoms. The summed E-state index contributed by atoms with van der Waals surface area (Å²) in [5.74, 6) is 0.752. The van der Waals surface area contributed by atoms with Crippen molar-refractivity contribution < 1.29 is 26.3 Å². The Morgan fingerprint density at radius 1 is 1.14 bits per heavy atom. The van der Waals surface area contributed by atoms with E-state index in [1.54, 1.807) is 43.6 Å². The Kier molecular flexibility index (Phi) is 7.62. The predicted molar refractivity (Wildman–Crippen MR) is 127 cm³/mol. The summed E-state index contributed by atoms with van der Waals surface area (Å²) in [6.07, 6.45) is 1.86. The van der Waals surface area contributed by atoms with Gasteiger partial charge < -0.3 is 10.1 Å². The normalized spacial score (nSPS) is 15.6. The maximum absolute atomic E-state index is 13.0. The van der Waals surface area contributed by atoms with E-state index in [0.29, 0.717) is 32.2 Å². The first-order valence-electron chi connectivity index (χ1n) is 10.4. The molecule has 14 heteroatoms. The molecule has 1 saturated heterocycles. The van der Waals surface area contributed by atoms with E-state index in [2.05, 4.69) is 15.3 Å². The minimum atomic E-state index is -5.34. The second-order valence-electron chi connectivity index (χ2n) is 7.86. The van der Waals surface area contributed by atoms with Gasteiger partial charge in [0.25, 0.3) is 5.56 Å². The van der Waals surface area contributed by atoms with Crippen LogP contribution in [-0.4, -0.2) is 59.0 Å². The van der Waals surface area contributed by atoms with E-state index in [4.69, 9.17) is 4.74 Å². The molecule has 0 unspecified atom stereocenters. The molecule has 190 valence electrons. The Morgan fingerprint density at radius 3 is 2.43 bits per heavy atom. The van der Waals surface area contributed by atoms with E-state index in [0.717, 1.165) is 0 Å². The summed E-state index contributed by atoms with van der Waals surface area (Å²) >= 11 is 0. The maximum Gasteiger partial charge on any atom is 0.511 e. The number of pyridine rings is 1. The van der Waals surface area contributed by atoms with Gasteiger partial charge in [-0.05, 0) is 25.0 Å². The van der Waals surface area contributed by atoms with Gasteiger partial charge in [-0.3, -0.25) is 9.36 Å². The van der Waals surface area contributed by atoms with Gasteiger partial charge in [-0.2, -0.15) is 22.5 Å². The number of ether oxygens (including phenoxy) is 1. The number of para-hydroxylation sites is 1. The topological polar surface area (TPSA) is 106 Å². The van der Waals surface area contributed by atoms with Crippen molar-refractivity contribution in [3.8, 4) is 16.9 Å². The smallest absolute Gasteiger partial charge is 0.496 e. The molecule has 0 bridgehead atoms. The quantitative estimate of drug-likeness (QED) is 0.537. The fourth-order valence-corrected chi connectivity index (χ4v) is 4.93. The van der Waals surface area contributed by atoms with Crippen LogP contribution in [0.1, 0.15) is 12.8 Å². The van der Waals surface area contributed by atoms with Crippen LogP contribution in [0.3, 0.4) is 0 Å². The van der Waals surface area contributed by atoms with E-state index in [1.807, 2.05) is 0 Å². The lowest BCUT2D eigenvalue weighted by atomic mass is 10.1. The maximum atomic E-state index is 13.0. The Bertz CT molecular complexity index is 1390. The summed E-state index contributed by atoms with van der Waals surface area (Å²) in [7, 11) is -2.23. The van der Waals surface area contributed by atoms with Crippen LogP contribution in [0.15, 0.2) is 41.3 Å². The molecule has 3 heterocycles. The summed E-state index contributed by atoms with van der Waals surface area (Å²) in [6, 6.07) is 8.51.